The first kappa shape index (κ1) is 16.7. The summed E-state index contributed by atoms with van der Waals surface area (Å²) >= 11 is 6.40. The van der Waals surface area contributed by atoms with E-state index in [-0.39, 0.29) is 24.7 Å². The molecule has 0 aliphatic heterocycles. The Labute approximate surface area is 163 Å². The summed E-state index contributed by atoms with van der Waals surface area (Å²) in [5, 5.41) is 2.81. The molecule has 0 amide bonds. The number of esters is 1. The van der Waals surface area contributed by atoms with Gasteiger partial charge in [0.25, 0.3) is 0 Å². The predicted octanol–water partition coefficient (Wildman–Crippen LogP) is 2.88. The lowest BCUT2D eigenvalue weighted by molar-refractivity contribution is -0.140. The lowest BCUT2D eigenvalue weighted by atomic mass is 9.94. The van der Waals surface area contributed by atoms with Gasteiger partial charge in [0, 0.05) is 13.1 Å². The fourth-order valence-corrected chi connectivity index (χ4v) is 2.99. The molecule has 1 aromatic heterocycles. The van der Waals surface area contributed by atoms with Gasteiger partial charge in [-0.1, -0.05) is 0 Å². The van der Waals surface area contributed by atoms with Gasteiger partial charge in [-0.3, -0.25) is 4.79 Å². The molecular formula is C15H24Br2N4O3. The number of rotatable bonds is 5. The SMILES string of the molecule is CCOC(=O)CNc1ncc(Br)nc1Br.[2H]C([2H])([2H])OC1CCC(N)CC1. The van der Waals surface area contributed by atoms with Crippen LogP contribution in [0.1, 0.15) is 36.7 Å². The quantitative estimate of drug-likeness (QED) is 0.638. The van der Waals surface area contributed by atoms with E-state index in [1.54, 1.807) is 6.92 Å². The van der Waals surface area contributed by atoms with Crippen molar-refractivity contribution in [3.8, 4) is 0 Å². The summed E-state index contributed by atoms with van der Waals surface area (Å²) in [7, 11) is -2.24. The van der Waals surface area contributed by atoms with E-state index in [9.17, 15) is 4.79 Å². The van der Waals surface area contributed by atoms with Crippen molar-refractivity contribution < 1.29 is 18.4 Å². The van der Waals surface area contributed by atoms with E-state index in [0.717, 1.165) is 25.7 Å². The molecule has 7 nitrogen and oxygen atoms in total. The third kappa shape index (κ3) is 8.36. The van der Waals surface area contributed by atoms with Crippen LogP contribution in [-0.2, 0) is 14.3 Å². The van der Waals surface area contributed by atoms with Gasteiger partial charge in [0.05, 0.1) is 23.0 Å². The summed E-state index contributed by atoms with van der Waals surface area (Å²) in [6.45, 7) is 2.20. The Morgan fingerprint density at radius 3 is 2.75 bits per heavy atom. The van der Waals surface area contributed by atoms with Gasteiger partial charge in [-0.2, -0.15) is 0 Å². The fraction of sp³-hybridized carbons (Fsp3) is 0.667. The number of hydrogen-bond acceptors (Lipinski definition) is 7. The Hall–Kier alpha value is -0.770. The van der Waals surface area contributed by atoms with Crippen LogP contribution in [0, 0.1) is 0 Å². The second-order valence-electron chi connectivity index (χ2n) is 5.15. The van der Waals surface area contributed by atoms with Crippen LogP contribution < -0.4 is 11.1 Å². The molecule has 1 fully saturated rings. The molecule has 1 aromatic rings. The van der Waals surface area contributed by atoms with Gasteiger partial charge in [0.2, 0.25) is 0 Å². The highest BCUT2D eigenvalue weighted by Crippen LogP contribution is 2.19. The molecule has 24 heavy (non-hydrogen) atoms. The minimum absolute atomic E-state index is 0.0722. The lowest BCUT2D eigenvalue weighted by Gasteiger charge is -2.24. The molecule has 1 aliphatic carbocycles. The number of ether oxygens (including phenoxy) is 2. The van der Waals surface area contributed by atoms with Gasteiger partial charge < -0.3 is 20.5 Å². The van der Waals surface area contributed by atoms with Crippen LogP contribution in [0.3, 0.4) is 0 Å². The smallest absolute Gasteiger partial charge is 0.325 e. The zero-order valence-electron chi connectivity index (χ0n) is 16.4. The number of aromatic nitrogens is 2. The highest BCUT2D eigenvalue weighted by atomic mass is 79.9. The van der Waals surface area contributed by atoms with Crippen molar-refractivity contribution in [2.24, 2.45) is 5.73 Å². The molecule has 3 N–H and O–H groups in total. The van der Waals surface area contributed by atoms with Crippen LogP contribution in [0.2, 0.25) is 0 Å². The first-order valence-electron chi connectivity index (χ1n) is 9.11. The van der Waals surface area contributed by atoms with E-state index in [0.29, 0.717) is 21.6 Å². The van der Waals surface area contributed by atoms with Crippen molar-refractivity contribution in [2.45, 2.75) is 44.8 Å². The number of carbonyl (C=O) groups is 1. The van der Waals surface area contributed by atoms with E-state index in [2.05, 4.69) is 47.1 Å². The lowest BCUT2D eigenvalue weighted by Crippen LogP contribution is -2.29. The fourth-order valence-electron chi connectivity index (χ4n) is 2.04. The number of anilines is 1. The number of nitrogens with zero attached hydrogens (tertiary/aromatic N) is 2. The minimum atomic E-state index is -2.24. The maximum Gasteiger partial charge on any atom is 0.325 e. The topological polar surface area (TPSA) is 99.4 Å². The van der Waals surface area contributed by atoms with Crippen LogP contribution >= 0.6 is 31.9 Å². The number of nitrogens with two attached hydrogens (primary N) is 1. The molecule has 0 unspecified atom stereocenters. The van der Waals surface area contributed by atoms with Crippen molar-refractivity contribution in [1.82, 2.24) is 9.97 Å². The van der Waals surface area contributed by atoms with E-state index in [1.807, 2.05) is 0 Å². The highest BCUT2D eigenvalue weighted by molar-refractivity contribution is 9.11. The minimum Gasteiger partial charge on any atom is -0.465 e. The summed E-state index contributed by atoms with van der Waals surface area (Å²) in [6, 6.07) is 0.237. The molecule has 1 aliphatic rings. The van der Waals surface area contributed by atoms with Gasteiger partial charge in [-0.05, 0) is 64.5 Å². The Morgan fingerprint density at radius 1 is 1.46 bits per heavy atom. The number of methoxy groups -OCH3 is 1. The third-order valence-electron chi connectivity index (χ3n) is 3.29. The summed E-state index contributed by atoms with van der Waals surface area (Å²) in [4.78, 5) is 19.1. The number of nitrogens with one attached hydrogen (secondary N) is 1. The third-order valence-corrected chi connectivity index (χ3v) is 4.23. The molecule has 0 bridgehead atoms. The van der Waals surface area contributed by atoms with E-state index in [1.165, 1.54) is 6.20 Å². The van der Waals surface area contributed by atoms with Gasteiger partial charge in [0.1, 0.15) is 15.8 Å². The zero-order chi connectivity index (χ0) is 20.4. The molecule has 9 heteroatoms. The number of halogens is 2. The Bertz CT molecular complexity index is 600. The molecule has 136 valence electrons. The monoisotopic (exact) mass is 469 g/mol. The van der Waals surface area contributed by atoms with Crippen molar-refractivity contribution in [3.05, 3.63) is 15.4 Å². The number of carbonyl (C=O) groups excluding carboxylic acids is 1. The van der Waals surface area contributed by atoms with E-state index >= 15 is 0 Å². The van der Waals surface area contributed by atoms with Crippen LogP contribution in [0.4, 0.5) is 5.82 Å². The summed E-state index contributed by atoms with van der Waals surface area (Å²) in [5.74, 6) is 0.181. The molecule has 0 spiro atoms. The van der Waals surface area contributed by atoms with Crippen molar-refractivity contribution in [1.29, 1.82) is 0 Å². The summed E-state index contributed by atoms with van der Waals surface area (Å²) in [6.07, 6.45) is 4.73. The normalized spacial score (nSPS) is 22.2. The molecular weight excluding hydrogens is 444 g/mol. The predicted molar refractivity (Wildman–Crippen MR) is 99.8 cm³/mol. The largest absolute Gasteiger partial charge is 0.465 e. The first-order chi connectivity index (χ1) is 12.6. The molecule has 1 saturated carbocycles. The van der Waals surface area contributed by atoms with E-state index < -0.39 is 7.04 Å². The van der Waals surface area contributed by atoms with E-state index in [4.69, 9.17) is 19.3 Å². The summed E-state index contributed by atoms with van der Waals surface area (Å²) < 4.78 is 31.5. The maximum absolute atomic E-state index is 11.0. The zero-order valence-corrected chi connectivity index (χ0v) is 16.6. The van der Waals surface area contributed by atoms with Crippen molar-refractivity contribution in [3.63, 3.8) is 0 Å². The van der Waals surface area contributed by atoms with Crippen LogP contribution in [-0.4, -0.2) is 48.3 Å². The van der Waals surface area contributed by atoms with Gasteiger partial charge in [-0.25, -0.2) is 9.97 Å². The van der Waals surface area contributed by atoms with Gasteiger partial charge in [0.15, 0.2) is 5.82 Å². The Balaban J connectivity index is 0.000000277. The van der Waals surface area contributed by atoms with Gasteiger partial charge in [-0.15, -0.1) is 0 Å². The molecule has 2 rings (SSSR count). The Morgan fingerprint density at radius 2 is 2.17 bits per heavy atom. The second-order valence-corrected chi connectivity index (χ2v) is 6.71. The molecule has 0 saturated heterocycles. The van der Waals surface area contributed by atoms with Crippen molar-refractivity contribution in [2.75, 3.05) is 25.5 Å². The first-order valence-corrected chi connectivity index (χ1v) is 9.20. The highest BCUT2D eigenvalue weighted by Gasteiger charge is 2.16. The molecule has 0 radical (unpaired) electrons. The second kappa shape index (κ2) is 11.7. The molecule has 0 aromatic carbocycles. The number of hydrogen-bond donors (Lipinski definition) is 2. The average molecular weight is 471 g/mol. The van der Waals surface area contributed by atoms with Crippen LogP contribution in [0.5, 0.6) is 0 Å². The van der Waals surface area contributed by atoms with Crippen molar-refractivity contribution >= 4 is 43.6 Å². The summed E-state index contributed by atoms with van der Waals surface area (Å²) in [5.41, 5.74) is 5.66. The molecule has 0 atom stereocenters. The van der Waals surface area contributed by atoms with Crippen LogP contribution in [0.15, 0.2) is 15.4 Å². The molecule has 1 heterocycles. The maximum atomic E-state index is 11.0. The average Bonchev–Trinajstić information content (AvgIpc) is 2.56. The standard InChI is InChI=1S/C8H9Br2N3O2.C7H15NO/c1-2-15-6(14)4-12-8-7(10)13-5(9)3-11-8;1-9-7-4-2-6(8)3-5-7/h3H,2,4H2,1H3,(H,11,12);6-7H,2-5,8H2,1H3/i;1D3. The van der Waals surface area contributed by atoms with Crippen LogP contribution in [0.25, 0.3) is 0 Å². The van der Waals surface area contributed by atoms with Gasteiger partial charge >= 0.3 is 5.97 Å². The Kier molecular flexibility index (Phi) is 8.15.